The number of nitrogens with two attached hydrogens (primary N) is 1. The van der Waals surface area contributed by atoms with Crippen molar-refractivity contribution >= 4 is 0 Å². The Morgan fingerprint density at radius 1 is 1.14 bits per heavy atom. The second kappa shape index (κ2) is 7.24. The van der Waals surface area contributed by atoms with Crippen molar-refractivity contribution in [1.82, 2.24) is 4.90 Å². The minimum atomic E-state index is 0.378. The highest BCUT2D eigenvalue weighted by Crippen LogP contribution is 2.06. The summed E-state index contributed by atoms with van der Waals surface area (Å²) in [5.74, 6) is 0.746. The molecule has 2 N–H and O–H groups in total. The fourth-order valence-corrected chi connectivity index (χ4v) is 1.57. The smallest absolute Gasteiger partial charge is 0.00483 e. The van der Waals surface area contributed by atoms with Crippen LogP contribution in [0.4, 0.5) is 0 Å². The molecule has 14 heavy (non-hydrogen) atoms. The van der Waals surface area contributed by atoms with Crippen LogP contribution in [0.2, 0.25) is 0 Å². The molecule has 0 amide bonds. The molecule has 0 aromatic heterocycles. The molecule has 0 aromatic carbocycles. The van der Waals surface area contributed by atoms with Gasteiger partial charge in [0, 0.05) is 18.6 Å². The van der Waals surface area contributed by atoms with E-state index >= 15 is 0 Å². The van der Waals surface area contributed by atoms with Crippen LogP contribution in [0.3, 0.4) is 0 Å². The average Bonchev–Trinajstić information content (AvgIpc) is 2.10. The van der Waals surface area contributed by atoms with E-state index in [1.54, 1.807) is 0 Å². The molecule has 0 fully saturated rings. The van der Waals surface area contributed by atoms with Crippen LogP contribution < -0.4 is 5.73 Å². The maximum atomic E-state index is 5.93. The lowest BCUT2D eigenvalue weighted by Crippen LogP contribution is -2.37. The monoisotopic (exact) mass is 200 g/mol. The summed E-state index contributed by atoms with van der Waals surface area (Å²) in [6.07, 6.45) is 2.22. The SMILES string of the molecule is CCC(N)CCN(CC(C)C)C(C)C. The Kier molecular flexibility index (Phi) is 7.20. The van der Waals surface area contributed by atoms with Gasteiger partial charge in [-0.15, -0.1) is 0 Å². The molecule has 0 aromatic rings. The lowest BCUT2D eigenvalue weighted by molar-refractivity contribution is 0.190. The fourth-order valence-electron chi connectivity index (χ4n) is 1.57. The topological polar surface area (TPSA) is 29.3 Å². The number of nitrogens with zero attached hydrogens (tertiary/aromatic N) is 1. The largest absolute Gasteiger partial charge is 0.328 e. The summed E-state index contributed by atoms with van der Waals surface area (Å²) in [4.78, 5) is 2.53. The third-order valence-corrected chi connectivity index (χ3v) is 2.64. The van der Waals surface area contributed by atoms with Crippen LogP contribution in [-0.2, 0) is 0 Å². The Balaban J connectivity index is 3.85. The number of hydrogen-bond acceptors (Lipinski definition) is 2. The van der Waals surface area contributed by atoms with E-state index in [2.05, 4.69) is 39.5 Å². The highest BCUT2D eigenvalue weighted by molar-refractivity contribution is 4.68. The molecule has 0 aliphatic heterocycles. The third-order valence-electron chi connectivity index (χ3n) is 2.64. The summed E-state index contributed by atoms with van der Waals surface area (Å²) in [5.41, 5.74) is 5.93. The molecule has 0 aliphatic rings. The van der Waals surface area contributed by atoms with E-state index < -0.39 is 0 Å². The van der Waals surface area contributed by atoms with Crippen molar-refractivity contribution in [3.05, 3.63) is 0 Å². The van der Waals surface area contributed by atoms with Gasteiger partial charge in [-0.2, -0.15) is 0 Å². The van der Waals surface area contributed by atoms with E-state index in [0.717, 1.165) is 25.3 Å². The van der Waals surface area contributed by atoms with Gasteiger partial charge in [0.05, 0.1) is 0 Å². The number of rotatable bonds is 7. The van der Waals surface area contributed by atoms with Gasteiger partial charge in [-0.05, 0) is 39.2 Å². The minimum Gasteiger partial charge on any atom is -0.328 e. The molecule has 1 unspecified atom stereocenters. The van der Waals surface area contributed by atoms with Crippen molar-refractivity contribution < 1.29 is 0 Å². The average molecular weight is 200 g/mol. The van der Waals surface area contributed by atoms with Gasteiger partial charge >= 0.3 is 0 Å². The Morgan fingerprint density at radius 3 is 2.07 bits per heavy atom. The van der Waals surface area contributed by atoms with Gasteiger partial charge < -0.3 is 10.6 Å². The van der Waals surface area contributed by atoms with Crippen LogP contribution >= 0.6 is 0 Å². The molecule has 2 heteroatoms. The van der Waals surface area contributed by atoms with E-state index in [1.807, 2.05) is 0 Å². The molecule has 2 nitrogen and oxygen atoms in total. The van der Waals surface area contributed by atoms with Crippen molar-refractivity contribution in [3.8, 4) is 0 Å². The van der Waals surface area contributed by atoms with Gasteiger partial charge in [0.15, 0.2) is 0 Å². The molecule has 0 aliphatic carbocycles. The first-order valence-corrected chi connectivity index (χ1v) is 5.97. The van der Waals surface area contributed by atoms with E-state index in [0.29, 0.717) is 12.1 Å². The van der Waals surface area contributed by atoms with E-state index in [-0.39, 0.29) is 0 Å². The molecule has 0 rings (SSSR count). The Morgan fingerprint density at radius 2 is 1.71 bits per heavy atom. The second-order valence-electron chi connectivity index (χ2n) is 4.94. The van der Waals surface area contributed by atoms with Crippen molar-refractivity contribution in [2.24, 2.45) is 11.7 Å². The van der Waals surface area contributed by atoms with Gasteiger partial charge in [0.25, 0.3) is 0 Å². The molecular weight excluding hydrogens is 172 g/mol. The first kappa shape index (κ1) is 13.9. The zero-order valence-corrected chi connectivity index (χ0v) is 10.6. The second-order valence-corrected chi connectivity index (χ2v) is 4.94. The van der Waals surface area contributed by atoms with Crippen molar-refractivity contribution in [1.29, 1.82) is 0 Å². The quantitative estimate of drug-likeness (QED) is 0.684. The Labute approximate surface area is 89.9 Å². The molecular formula is C12H28N2. The summed E-state index contributed by atoms with van der Waals surface area (Å²) in [5, 5.41) is 0. The predicted octanol–water partition coefficient (Wildman–Crippen LogP) is 2.48. The van der Waals surface area contributed by atoms with Gasteiger partial charge in [0.1, 0.15) is 0 Å². The van der Waals surface area contributed by atoms with Crippen LogP contribution in [0, 0.1) is 5.92 Å². The first-order chi connectivity index (χ1) is 6.47. The van der Waals surface area contributed by atoms with Gasteiger partial charge in [0.2, 0.25) is 0 Å². The van der Waals surface area contributed by atoms with Crippen molar-refractivity contribution in [2.45, 2.75) is 59.5 Å². The van der Waals surface area contributed by atoms with Crippen LogP contribution in [0.5, 0.6) is 0 Å². The molecule has 86 valence electrons. The normalized spacial score (nSPS) is 14.4. The first-order valence-electron chi connectivity index (χ1n) is 5.97. The summed E-state index contributed by atoms with van der Waals surface area (Å²) in [7, 11) is 0. The van der Waals surface area contributed by atoms with Gasteiger partial charge in [-0.3, -0.25) is 0 Å². The van der Waals surface area contributed by atoms with E-state index in [4.69, 9.17) is 5.73 Å². The van der Waals surface area contributed by atoms with E-state index in [9.17, 15) is 0 Å². The third kappa shape index (κ3) is 6.39. The molecule has 0 saturated carbocycles. The standard InChI is InChI=1S/C12H28N2/c1-6-12(13)7-8-14(11(4)5)9-10(2)3/h10-12H,6-9,13H2,1-5H3. The minimum absolute atomic E-state index is 0.378. The lowest BCUT2D eigenvalue weighted by atomic mass is 10.1. The number of hydrogen-bond donors (Lipinski definition) is 1. The van der Waals surface area contributed by atoms with Crippen LogP contribution in [-0.4, -0.2) is 30.1 Å². The highest BCUT2D eigenvalue weighted by Gasteiger charge is 2.11. The molecule has 0 bridgehead atoms. The molecule has 0 radical (unpaired) electrons. The fraction of sp³-hybridized carbons (Fsp3) is 1.00. The zero-order chi connectivity index (χ0) is 11.1. The van der Waals surface area contributed by atoms with Crippen LogP contribution in [0.15, 0.2) is 0 Å². The summed E-state index contributed by atoms with van der Waals surface area (Å²) in [6.45, 7) is 13.6. The van der Waals surface area contributed by atoms with Crippen LogP contribution in [0.1, 0.15) is 47.5 Å². The maximum Gasteiger partial charge on any atom is 0.00483 e. The molecule has 0 saturated heterocycles. The van der Waals surface area contributed by atoms with E-state index in [1.165, 1.54) is 6.54 Å². The van der Waals surface area contributed by atoms with Crippen molar-refractivity contribution in [3.63, 3.8) is 0 Å². The highest BCUT2D eigenvalue weighted by atomic mass is 15.1. The maximum absolute atomic E-state index is 5.93. The molecule has 1 atom stereocenters. The summed E-state index contributed by atoms with van der Waals surface area (Å²) in [6, 6.07) is 1.02. The van der Waals surface area contributed by atoms with Crippen molar-refractivity contribution in [2.75, 3.05) is 13.1 Å². The van der Waals surface area contributed by atoms with Crippen LogP contribution in [0.25, 0.3) is 0 Å². The van der Waals surface area contributed by atoms with Gasteiger partial charge in [-0.1, -0.05) is 20.8 Å². The Bertz CT molecular complexity index is 132. The molecule has 0 heterocycles. The molecule has 0 spiro atoms. The summed E-state index contributed by atoms with van der Waals surface area (Å²) >= 11 is 0. The zero-order valence-electron chi connectivity index (χ0n) is 10.6. The predicted molar refractivity (Wildman–Crippen MR) is 64.4 cm³/mol. The Hall–Kier alpha value is -0.0800. The lowest BCUT2D eigenvalue weighted by Gasteiger charge is -2.29. The summed E-state index contributed by atoms with van der Waals surface area (Å²) < 4.78 is 0. The van der Waals surface area contributed by atoms with Gasteiger partial charge in [-0.25, -0.2) is 0 Å².